The van der Waals surface area contributed by atoms with Gasteiger partial charge in [-0.25, -0.2) is 4.90 Å². The molecular formula is C28H26ClN3O4. The molecule has 184 valence electrons. The Morgan fingerprint density at radius 2 is 1.53 bits per heavy atom. The minimum absolute atomic E-state index is 0.0298. The van der Waals surface area contributed by atoms with Gasteiger partial charge in [0.15, 0.2) is 0 Å². The predicted molar refractivity (Wildman–Crippen MR) is 141 cm³/mol. The van der Waals surface area contributed by atoms with E-state index in [0.29, 0.717) is 28.4 Å². The van der Waals surface area contributed by atoms with E-state index in [4.69, 9.17) is 16.3 Å². The van der Waals surface area contributed by atoms with E-state index in [-0.39, 0.29) is 16.6 Å². The number of imide groups is 1. The maximum absolute atomic E-state index is 13.0. The van der Waals surface area contributed by atoms with Crippen LogP contribution in [0.25, 0.3) is 0 Å². The number of methoxy groups -OCH3 is 1. The second-order valence-electron chi connectivity index (χ2n) is 8.29. The van der Waals surface area contributed by atoms with Gasteiger partial charge in [0.25, 0.3) is 17.7 Å². The van der Waals surface area contributed by atoms with Gasteiger partial charge in [-0.15, -0.1) is 0 Å². The number of carbonyl (C=O) groups is 3. The molecule has 2 N–H and O–H groups in total. The Labute approximate surface area is 214 Å². The van der Waals surface area contributed by atoms with Gasteiger partial charge in [-0.05, 0) is 79.1 Å². The number of amides is 3. The van der Waals surface area contributed by atoms with Crippen molar-refractivity contribution in [1.29, 1.82) is 0 Å². The number of unbranched alkanes of at least 4 members (excludes halogenated alkanes) is 1. The number of hydrogen-bond donors (Lipinski definition) is 2. The van der Waals surface area contributed by atoms with Crippen LogP contribution >= 0.6 is 11.6 Å². The third kappa shape index (κ3) is 5.42. The largest absolute Gasteiger partial charge is 0.497 e. The number of halogens is 1. The van der Waals surface area contributed by atoms with Crippen molar-refractivity contribution in [2.24, 2.45) is 0 Å². The lowest BCUT2D eigenvalue weighted by Gasteiger charge is -2.15. The zero-order chi connectivity index (χ0) is 25.7. The molecule has 4 rings (SSSR count). The van der Waals surface area contributed by atoms with Crippen LogP contribution in [0.15, 0.2) is 83.5 Å². The van der Waals surface area contributed by atoms with Crippen LogP contribution in [0.5, 0.6) is 5.75 Å². The molecular weight excluding hydrogens is 478 g/mol. The average molecular weight is 504 g/mol. The molecule has 1 aliphatic rings. The van der Waals surface area contributed by atoms with E-state index in [1.54, 1.807) is 48.5 Å². The van der Waals surface area contributed by atoms with E-state index in [2.05, 4.69) is 17.6 Å². The van der Waals surface area contributed by atoms with Gasteiger partial charge < -0.3 is 15.4 Å². The highest BCUT2D eigenvalue weighted by Crippen LogP contribution is 2.31. The van der Waals surface area contributed by atoms with Crippen LogP contribution in [0, 0.1) is 0 Å². The van der Waals surface area contributed by atoms with Gasteiger partial charge in [-0.3, -0.25) is 14.4 Å². The van der Waals surface area contributed by atoms with E-state index >= 15 is 0 Å². The number of benzene rings is 3. The smallest absolute Gasteiger partial charge is 0.283 e. The molecule has 0 spiro atoms. The highest BCUT2D eigenvalue weighted by Gasteiger charge is 2.39. The number of ether oxygens (including phenoxy) is 1. The third-order valence-corrected chi connectivity index (χ3v) is 6.16. The fourth-order valence-corrected chi connectivity index (χ4v) is 3.98. The molecule has 3 aromatic carbocycles. The first-order valence-corrected chi connectivity index (χ1v) is 12.0. The van der Waals surface area contributed by atoms with Crippen molar-refractivity contribution in [3.63, 3.8) is 0 Å². The lowest BCUT2D eigenvalue weighted by atomic mass is 10.1. The summed E-state index contributed by atoms with van der Waals surface area (Å²) in [6.07, 6.45) is 3.29. The summed E-state index contributed by atoms with van der Waals surface area (Å²) in [5, 5.41) is 5.58. The zero-order valence-corrected chi connectivity index (χ0v) is 20.8. The summed E-state index contributed by atoms with van der Waals surface area (Å²) in [6, 6.07) is 20.9. The quantitative estimate of drug-likeness (QED) is 0.364. The zero-order valence-electron chi connectivity index (χ0n) is 20.0. The molecule has 0 saturated heterocycles. The second-order valence-corrected chi connectivity index (χ2v) is 8.67. The van der Waals surface area contributed by atoms with Gasteiger partial charge in [-0.1, -0.05) is 37.1 Å². The van der Waals surface area contributed by atoms with Crippen LogP contribution in [0.2, 0.25) is 0 Å². The number of nitrogens with zero attached hydrogens (tertiary/aromatic N) is 1. The number of carbonyl (C=O) groups excluding carboxylic acids is 3. The molecule has 0 saturated carbocycles. The monoisotopic (exact) mass is 503 g/mol. The van der Waals surface area contributed by atoms with Crippen LogP contribution in [0.4, 0.5) is 17.1 Å². The lowest BCUT2D eigenvalue weighted by molar-refractivity contribution is -0.120. The van der Waals surface area contributed by atoms with Crippen LogP contribution in [-0.4, -0.2) is 24.8 Å². The number of rotatable bonds is 9. The van der Waals surface area contributed by atoms with E-state index in [9.17, 15) is 14.4 Å². The SMILES string of the molecule is CCCCc1ccc(NC(=O)c2ccc(NC3=C(Cl)C(=O)N(c4ccc(OC)cc4)C3=O)cc2)cc1. The maximum Gasteiger partial charge on any atom is 0.283 e. The molecule has 36 heavy (non-hydrogen) atoms. The summed E-state index contributed by atoms with van der Waals surface area (Å²) in [4.78, 5) is 39.2. The summed E-state index contributed by atoms with van der Waals surface area (Å²) >= 11 is 6.20. The Hall–Kier alpha value is -4.10. The molecule has 0 bridgehead atoms. The highest BCUT2D eigenvalue weighted by atomic mass is 35.5. The minimum atomic E-state index is -0.619. The molecule has 1 heterocycles. The first-order chi connectivity index (χ1) is 17.4. The molecule has 1 aliphatic heterocycles. The van der Waals surface area contributed by atoms with Crippen molar-refractivity contribution in [2.45, 2.75) is 26.2 Å². The van der Waals surface area contributed by atoms with Crippen molar-refractivity contribution in [3.05, 3.63) is 94.7 Å². The van der Waals surface area contributed by atoms with Gasteiger partial charge >= 0.3 is 0 Å². The van der Waals surface area contributed by atoms with Gasteiger partial charge in [0.2, 0.25) is 0 Å². The minimum Gasteiger partial charge on any atom is -0.497 e. The maximum atomic E-state index is 13.0. The molecule has 0 radical (unpaired) electrons. The molecule has 3 amide bonds. The first-order valence-electron chi connectivity index (χ1n) is 11.6. The van der Waals surface area contributed by atoms with Gasteiger partial charge in [0.05, 0.1) is 12.8 Å². The van der Waals surface area contributed by atoms with Crippen molar-refractivity contribution in [3.8, 4) is 5.75 Å². The van der Waals surface area contributed by atoms with Crippen molar-refractivity contribution < 1.29 is 19.1 Å². The molecule has 0 fully saturated rings. The van der Waals surface area contributed by atoms with Crippen molar-refractivity contribution in [1.82, 2.24) is 0 Å². The topological polar surface area (TPSA) is 87.7 Å². The van der Waals surface area contributed by atoms with Crippen molar-refractivity contribution >= 4 is 46.4 Å². The fourth-order valence-electron chi connectivity index (χ4n) is 3.77. The normalized spacial score (nSPS) is 13.2. The van der Waals surface area contributed by atoms with Crippen LogP contribution in [0.3, 0.4) is 0 Å². The molecule has 8 heteroatoms. The third-order valence-electron chi connectivity index (χ3n) is 5.81. The van der Waals surface area contributed by atoms with Crippen LogP contribution < -0.4 is 20.3 Å². The Morgan fingerprint density at radius 1 is 0.889 bits per heavy atom. The number of nitrogens with one attached hydrogen (secondary N) is 2. The second kappa shape index (κ2) is 11.1. The van der Waals surface area contributed by atoms with E-state index in [1.165, 1.54) is 12.7 Å². The fraction of sp³-hybridized carbons (Fsp3) is 0.179. The highest BCUT2D eigenvalue weighted by molar-refractivity contribution is 6.53. The Bertz CT molecular complexity index is 1300. The van der Waals surface area contributed by atoms with E-state index in [1.807, 2.05) is 24.3 Å². The summed E-state index contributed by atoms with van der Waals surface area (Å²) in [7, 11) is 1.53. The summed E-state index contributed by atoms with van der Waals surface area (Å²) in [5.74, 6) is -0.841. The van der Waals surface area contributed by atoms with E-state index in [0.717, 1.165) is 24.2 Å². The first kappa shape index (κ1) is 25.0. The number of hydrogen-bond acceptors (Lipinski definition) is 5. The Kier molecular flexibility index (Phi) is 7.71. The molecule has 0 unspecified atom stereocenters. The molecule has 7 nitrogen and oxygen atoms in total. The Balaban J connectivity index is 1.41. The standard InChI is InChI=1S/C28H26ClN3O4/c1-3-4-5-18-6-10-21(11-7-18)31-26(33)19-8-12-20(13-9-19)30-25-24(29)27(34)32(28(25)35)22-14-16-23(36-2)17-15-22/h6-17,30H,3-5H2,1-2H3,(H,31,33). The van der Waals surface area contributed by atoms with Gasteiger partial charge in [0.1, 0.15) is 16.5 Å². The molecule has 3 aromatic rings. The van der Waals surface area contributed by atoms with Crippen molar-refractivity contribution in [2.75, 3.05) is 22.6 Å². The lowest BCUT2D eigenvalue weighted by Crippen LogP contribution is -2.32. The summed E-state index contributed by atoms with van der Waals surface area (Å²) < 4.78 is 5.12. The Morgan fingerprint density at radius 3 is 2.14 bits per heavy atom. The average Bonchev–Trinajstić information content (AvgIpc) is 3.11. The molecule has 0 atom stereocenters. The van der Waals surface area contributed by atoms with Gasteiger partial charge in [-0.2, -0.15) is 0 Å². The van der Waals surface area contributed by atoms with Crippen LogP contribution in [-0.2, 0) is 16.0 Å². The predicted octanol–water partition coefficient (Wildman–Crippen LogP) is 5.73. The molecule has 0 aromatic heterocycles. The van der Waals surface area contributed by atoms with Gasteiger partial charge in [0, 0.05) is 16.9 Å². The number of anilines is 3. The number of aryl methyl sites for hydroxylation is 1. The summed E-state index contributed by atoms with van der Waals surface area (Å²) in [6.45, 7) is 2.16. The molecule has 0 aliphatic carbocycles. The van der Waals surface area contributed by atoms with E-state index < -0.39 is 11.8 Å². The van der Waals surface area contributed by atoms with Crippen LogP contribution in [0.1, 0.15) is 35.7 Å². The summed E-state index contributed by atoms with van der Waals surface area (Å²) in [5.41, 5.74) is 3.27.